The first-order valence-electron chi connectivity index (χ1n) is 7.89. The largest absolute Gasteiger partial charge is 0.352 e. The number of hydrogen-bond acceptors (Lipinski definition) is 2. The van der Waals surface area contributed by atoms with E-state index in [1.165, 1.54) is 12.0 Å². The lowest BCUT2D eigenvalue weighted by Gasteiger charge is -2.29. The van der Waals surface area contributed by atoms with E-state index in [0.29, 0.717) is 6.54 Å². The molecule has 0 fully saturated rings. The van der Waals surface area contributed by atoms with Crippen LogP contribution in [0.15, 0.2) is 41.5 Å². The minimum Gasteiger partial charge on any atom is -0.352 e. The lowest BCUT2D eigenvalue weighted by molar-refractivity contribution is -0.139. The van der Waals surface area contributed by atoms with E-state index in [1.807, 2.05) is 36.9 Å². The molecule has 0 bridgehead atoms. The second-order valence-corrected chi connectivity index (χ2v) is 6.17. The van der Waals surface area contributed by atoms with Crippen LogP contribution in [0.3, 0.4) is 0 Å². The van der Waals surface area contributed by atoms with E-state index in [9.17, 15) is 4.79 Å². The van der Waals surface area contributed by atoms with Gasteiger partial charge in [0.1, 0.15) is 0 Å². The fraction of sp³-hybridized carbons (Fsp3) is 0.500. The van der Waals surface area contributed by atoms with Crippen LogP contribution in [0.2, 0.25) is 0 Å². The van der Waals surface area contributed by atoms with Gasteiger partial charge in [-0.25, -0.2) is 0 Å². The Morgan fingerprint density at radius 1 is 1.19 bits per heavy atom. The van der Waals surface area contributed by atoms with E-state index in [1.54, 1.807) is 0 Å². The van der Waals surface area contributed by atoms with Crippen LogP contribution < -0.4 is 0 Å². The summed E-state index contributed by atoms with van der Waals surface area (Å²) >= 11 is 0. The maximum absolute atomic E-state index is 12.7. The van der Waals surface area contributed by atoms with Crippen molar-refractivity contribution >= 4 is 5.91 Å². The Hall–Kier alpha value is -1.61. The van der Waals surface area contributed by atoms with Crippen LogP contribution in [-0.4, -0.2) is 23.1 Å². The average molecular weight is 285 g/mol. The molecule has 1 amide bonds. The summed E-state index contributed by atoms with van der Waals surface area (Å²) in [5.74, 6) is 0.180. The van der Waals surface area contributed by atoms with E-state index in [2.05, 4.69) is 12.1 Å². The molecule has 0 radical (unpaired) electrons. The molecule has 0 saturated carbocycles. The molecule has 3 heteroatoms. The Morgan fingerprint density at radius 2 is 1.90 bits per heavy atom. The molecule has 3 rings (SSSR count). The van der Waals surface area contributed by atoms with Gasteiger partial charge >= 0.3 is 0 Å². The van der Waals surface area contributed by atoms with Gasteiger partial charge in [0.25, 0.3) is 5.91 Å². The van der Waals surface area contributed by atoms with E-state index in [0.717, 1.165) is 30.4 Å². The standard InChI is InChI=1S/C18H23NO2/c1-13(2)21-18-16-11-7-6-10-15(16)17(20)19(18)12-14-8-4-3-5-9-14/h3-5,8-9,13,18H,6-7,10-12H2,1-2H3/t18-/m1/s1. The number of carbonyl (C=O) groups excluding carboxylic acids is 1. The maximum Gasteiger partial charge on any atom is 0.252 e. The minimum absolute atomic E-state index is 0.120. The molecule has 0 spiro atoms. The van der Waals surface area contributed by atoms with Gasteiger partial charge < -0.3 is 9.64 Å². The highest BCUT2D eigenvalue weighted by Gasteiger charge is 2.40. The zero-order valence-electron chi connectivity index (χ0n) is 12.8. The van der Waals surface area contributed by atoms with Crippen molar-refractivity contribution in [2.24, 2.45) is 0 Å². The van der Waals surface area contributed by atoms with Crippen LogP contribution in [0.5, 0.6) is 0 Å². The molecule has 1 aromatic rings. The summed E-state index contributed by atoms with van der Waals surface area (Å²) in [6, 6.07) is 10.2. The second-order valence-electron chi connectivity index (χ2n) is 6.17. The van der Waals surface area contributed by atoms with E-state index >= 15 is 0 Å². The lowest BCUT2D eigenvalue weighted by Crippen LogP contribution is -2.38. The van der Waals surface area contributed by atoms with Gasteiger partial charge in [-0.1, -0.05) is 30.3 Å². The second kappa shape index (κ2) is 6.02. The molecule has 1 heterocycles. The highest BCUT2D eigenvalue weighted by molar-refractivity contribution is 5.97. The highest BCUT2D eigenvalue weighted by Crippen LogP contribution is 2.38. The van der Waals surface area contributed by atoms with Crippen molar-refractivity contribution < 1.29 is 9.53 Å². The smallest absolute Gasteiger partial charge is 0.252 e. The number of carbonyl (C=O) groups is 1. The van der Waals surface area contributed by atoms with Gasteiger partial charge in [0, 0.05) is 12.1 Å². The Labute approximate surface area is 126 Å². The summed E-state index contributed by atoms with van der Waals surface area (Å²) in [6.07, 6.45) is 4.17. The molecule has 0 saturated heterocycles. The number of hydrogen-bond donors (Lipinski definition) is 0. The third kappa shape index (κ3) is 2.88. The first kappa shape index (κ1) is 14.3. The maximum atomic E-state index is 12.7. The van der Waals surface area contributed by atoms with Gasteiger partial charge in [0.05, 0.1) is 6.10 Å². The monoisotopic (exact) mass is 285 g/mol. The fourth-order valence-corrected chi connectivity index (χ4v) is 3.26. The summed E-state index contributed by atoms with van der Waals surface area (Å²) in [5.41, 5.74) is 3.40. The molecule has 1 aliphatic heterocycles. The number of nitrogens with zero attached hydrogens (tertiary/aromatic N) is 1. The Morgan fingerprint density at radius 3 is 2.62 bits per heavy atom. The number of benzene rings is 1. The summed E-state index contributed by atoms with van der Waals surface area (Å²) in [7, 11) is 0. The Balaban J connectivity index is 1.86. The van der Waals surface area contributed by atoms with Crippen LogP contribution in [-0.2, 0) is 16.1 Å². The number of ether oxygens (including phenoxy) is 1. The zero-order valence-corrected chi connectivity index (χ0v) is 12.8. The molecule has 1 atom stereocenters. The van der Waals surface area contributed by atoms with Crippen LogP contribution >= 0.6 is 0 Å². The quantitative estimate of drug-likeness (QED) is 0.845. The normalized spacial score (nSPS) is 22.1. The van der Waals surface area contributed by atoms with Gasteiger partial charge in [0.15, 0.2) is 6.23 Å². The van der Waals surface area contributed by atoms with Gasteiger partial charge in [-0.2, -0.15) is 0 Å². The van der Waals surface area contributed by atoms with Crippen molar-refractivity contribution in [2.45, 2.75) is 58.4 Å². The van der Waals surface area contributed by atoms with Crippen LogP contribution in [0.25, 0.3) is 0 Å². The van der Waals surface area contributed by atoms with Crippen molar-refractivity contribution in [3.8, 4) is 0 Å². The van der Waals surface area contributed by atoms with Crippen molar-refractivity contribution in [2.75, 3.05) is 0 Å². The fourth-order valence-electron chi connectivity index (χ4n) is 3.26. The number of amides is 1. The van der Waals surface area contributed by atoms with Gasteiger partial charge in [-0.15, -0.1) is 0 Å². The summed E-state index contributed by atoms with van der Waals surface area (Å²) in [6.45, 7) is 4.70. The van der Waals surface area contributed by atoms with Gasteiger partial charge in [-0.05, 0) is 50.7 Å². The average Bonchev–Trinajstić information content (AvgIpc) is 2.74. The van der Waals surface area contributed by atoms with E-state index < -0.39 is 0 Å². The molecule has 0 unspecified atom stereocenters. The van der Waals surface area contributed by atoms with Crippen molar-refractivity contribution in [3.63, 3.8) is 0 Å². The molecule has 0 N–H and O–H groups in total. The Kier molecular flexibility index (Phi) is 4.11. The molecular weight excluding hydrogens is 262 g/mol. The topological polar surface area (TPSA) is 29.5 Å². The minimum atomic E-state index is -0.159. The molecule has 2 aliphatic rings. The third-order valence-electron chi connectivity index (χ3n) is 4.21. The molecule has 1 aliphatic carbocycles. The number of rotatable bonds is 4. The molecule has 21 heavy (non-hydrogen) atoms. The molecular formula is C18H23NO2. The first-order chi connectivity index (χ1) is 10.2. The molecule has 112 valence electrons. The van der Waals surface area contributed by atoms with Gasteiger partial charge in [0.2, 0.25) is 0 Å². The first-order valence-corrected chi connectivity index (χ1v) is 7.89. The van der Waals surface area contributed by atoms with Crippen LogP contribution in [0, 0.1) is 0 Å². The van der Waals surface area contributed by atoms with E-state index in [-0.39, 0.29) is 18.2 Å². The third-order valence-corrected chi connectivity index (χ3v) is 4.21. The summed E-state index contributed by atoms with van der Waals surface area (Å²) in [5, 5.41) is 0. The van der Waals surface area contributed by atoms with Gasteiger partial charge in [-0.3, -0.25) is 4.79 Å². The summed E-state index contributed by atoms with van der Waals surface area (Å²) < 4.78 is 6.08. The van der Waals surface area contributed by atoms with E-state index in [4.69, 9.17) is 4.74 Å². The predicted molar refractivity (Wildman–Crippen MR) is 82.5 cm³/mol. The SMILES string of the molecule is CC(C)O[C@@H]1C2=C(CCCC2)C(=O)N1Cc1ccccc1. The summed E-state index contributed by atoms with van der Waals surface area (Å²) in [4.78, 5) is 14.6. The zero-order chi connectivity index (χ0) is 14.8. The highest BCUT2D eigenvalue weighted by atomic mass is 16.5. The van der Waals surface area contributed by atoms with Crippen molar-refractivity contribution in [1.29, 1.82) is 0 Å². The lowest BCUT2D eigenvalue weighted by atomic mass is 9.93. The van der Waals surface area contributed by atoms with Crippen molar-refractivity contribution in [1.82, 2.24) is 4.90 Å². The molecule has 1 aromatic carbocycles. The van der Waals surface area contributed by atoms with Crippen molar-refractivity contribution in [3.05, 3.63) is 47.0 Å². The van der Waals surface area contributed by atoms with Crippen LogP contribution in [0.4, 0.5) is 0 Å². The Bertz CT molecular complexity index is 548. The molecule has 0 aromatic heterocycles. The van der Waals surface area contributed by atoms with Crippen LogP contribution in [0.1, 0.15) is 45.1 Å². The predicted octanol–water partition coefficient (Wildman–Crippen LogP) is 3.65. The molecule has 3 nitrogen and oxygen atoms in total.